The number of aromatic nitrogens is 2. The van der Waals surface area contributed by atoms with E-state index in [1.807, 2.05) is 0 Å². The number of benzene rings is 3. The van der Waals surface area contributed by atoms with Crippen LogP contribution in [0.25, 0.3) is 22.4 Å². The molecule has 0 spiro atoms. The highest BCUT2D eigenvalue weighted by Gasteiger charge is 2.09. The van der Waals surface area contributed by atoms with Crippen LogP contribution in [-0.2, 0) is 11.3 Å². The Kier molecular flexibility index (Phi) is 6.07. The molecule has 0 atom stereocenters. The van der Waals surface area contributed by atoms with Crippen molar-refractivity contribution < 1.29 is 18.4 Å². The first kappa shape index (κ1) is 21.0. The zero-order valence-electron chi connectivity index (χ0n) is 16.8. The predicted molar refractivity (Wildman–Crippen MR) is 117 cm³/mol. The summed E-state index contributed by atoms with van der Waals surface area (Å²) >= 11 is 0. The number of amides is 3. The molecule has 1 aromatic heterocycles. The molecule has 0 bridgehead atoms. The zero-order valence-corrected chi connectivity index (χ0v) is 16.8. The van der Waals surface area contributed by atoms with E-state index in [-0.39, 0.29) is 24.7 Å². The summed E-state index contributed by atoms with van der Waals surface area (Å²) < 4.78 is 26.0. The van der Waals surface area contributed by atoms with E-state index in [0.717, 1.165) is 11.1 Å². The van der Waals surface area contributed by atoms with Crippen LogP contribution in [0.3, 0.4) is 0 Å². The molecule has 0 unspecified atom stereocenters. The van der Waals surface area contributed by atoms with E-state index in [9.17, 15) is 18.4 Å². The Labute approximate surface area is 181 Å². The van der Waals surface area contributed by atoms with Crippen molar-refractivity contribution in [3.8, 4) is 11.4 Å². The molecule has 4 aromatic rings. The van der Waals surface area contributed by atoms with Crippen LogP contribution in [0.2, 0.25) is 0 Å². The molecule has 4 N–H and O–H groups in total. The van der Waals surface area contributed by atoms with Gasteiger partial charge in [-0.25, -0.2) is 18.6 Å². The maximum Gasteiger partial charge on any atom is 0.315 e. The SMILES string of the molecule is O=C(CNC(=O)NCc1ccc(F)cc1)Nc1ccc2nc(-c3ccc(F)cc3)[nH]c2c1. The van der Waals surface area contributed by atoms with Gasteiger partial charge in [0, 0.05) is 17.8 Å². The lowest BCUT2D eigenvalue weighted by Crippen LogP contribution is -2.39. The highest BCUT2D eigenvalue weighted by atomic mass is 19.1. The van der Waals surface area contributed by atoms with Gasteiger partial charge in [-0.2, -0.15) is 0 Å². The lowest BCUT2D eigenvalue weighted by molar-refractivity contribution is -0.115. The van der Waals surface area contributed by atoms with Crippen molar-refractivity contribution >= 4 is 28.7 Å². The highest BCUT2D eigenvalue weighted by molar-refractivity contribution is 5.96. The van der Waals surface area contributed by atoms with Crippen LogP contribution in [0.5, 0.6) is 0 Å². The molecular formula is C23H19F2N5O2. The van der Waals surface area contributed by atoms with Crippen molar-refractivity contribution in [3.63, 3.8) is 0 Å². The molecule has 4 rings (SSSR count). The monoisotopic (exact) mass is 435 g/mol. The average molecular weight is 435 g/mol. The van der Waals surface area contributed by atoms with Crippen molar-refractivity contribution in [1.29, 1.82) is 0 Å². The summed E-state index contributed by atoms with van der Waals surface area (Å²) in [5, 5.41) is 7.76. The fourth-order valence-electron chi connectivity index (χ4n) is 3.04. The van der Waals surface area contributed by atoms with Crippen molar-refractivity contribution in [1.82, 2.24) is 20.6 Å². The Balaban J connectivity index is 1.30. The van der Waals surface area contributed by atoms with Crippen molar-refractivity contribution in [2.24, 2.45) is 0 Å². The van der Waals surface area contributed by atoms with Gasteiger partial charge in [0.1, 0.15) is 17.5 Å². The Morgan fingerprint density at radius 2 is 1.56 bits per heavy atom. The van der Waals surface area contributed by atoms with Crippen molar-refractivity contribution in [3.05, 3.63) is 83.9 Å². The van der Waals surface area contributed by atoms with Crippen LogP contribution in [0.1, 0.15) is 5.56 Å². The van der Waals surface area contributed by atoms with E-state index in [2.05, 4.69) is 25.9 Å². The van der Waals surface area contributed by atoms with Gasteiger partial charge in [-0.1, -0.05) is 12.1 Å². The van der Waals surface area contributed by atoms with Crippen molar-refractivity contribution in [2.45, 2.75) is 6.54 Å². The number of aromatic amines is 1. The number of halogens is 2. The van der Waals surface area contributed by atoms with E-state index in [1.165, 1.54) is 24.3 Å². The van der Waals surface area contributed by atoms with Gasteiger partial charge in [0.2, 0.25) is 5.91 Å². The first-order valence-electron chi connectivity index (χ1n) is 9.78. The molecule has 0 radical (unpaired) electrons. The van der Waals surface area contributed by atoms with Crippen LogP contribution < -0.4 is 16.0 Å². The molecule has 0 fully saturated rings. The van der Waals surface area contributed by atoms with Crippen LogP contribution in [0.15, 0.2) is 66.7 Å². The van der Waals surface area contributed by atoms with Crippen LogP contribution >= 0.6 is 0 Å². The Morgan fingerprint density at radius 3 is 2.28 bits per heavy atom. The summed E-state index contributed by atoms with van der Waals surface area (Å²) in [7, 11) is 0. The van der Waals surface area contributed by atoms with Gasteiger partial charge in [-0.05, 0) is 60.2 Å². The number of fused-ring (bicyclic) bond motifs is 1. The number of imidazole rings is 1. The third-order valence-electron chi connectivity index (χ3n) is 4.66. The maximum atomic E-state index is 13.1. The van der Waals surface area contributed by atoms with Crippen LogP contribution in [-0.4, -0.2) is 28.5 Å². The molecule has 9 heteroatoms. The van der Waals surface area contributed by atoms with Gasteiger partial charge in [-0.3, -0.25) is 4.79 Å². The molecule has 0 saturated heterocycles. The molecule has 0 saturated carbocycles. The second-order valence-corrected chi connectivity index (χ2v) is 7.04. The van der Waals surface area contributed by atoms with E-state index in [4.69, 9.17) is 0 Å². The summed E-state index contributed by atoms with van der Waals surface area (Å²) in [5.74, 6) is -0.495. The number of rotatable bonds is 6. The Morgan fingerprint density at radius 1 is 0.875 bits per heavy atom. The summed E-state index contributed by atoms with van der Waals surface area (Å²) in [4.78, 5) is 31.6. The van der Waals surface area contributed by atoms with E-state index in [0.29, 0.717) is 22.5 Å². The van der Waals surface area contributed by atoms with E-state index in [1.54, 1.807) is 42.5 Å². The normalized spacial score (nSPS) is 10.7. The first-order valence-corrected chi connectivity index (χ1v) is 9.78. The Hall–Kier alpha value is -4.27. The predicted octanol–water partition coefficient (Wildman–Crippen LogP) is 3.95. The Bertz CT molecular complexity index is 1250. The second kappa shape index (κ2) is 9.25. The number of hydrogen-bond acceptors (Lipinski definition) is 3. The average Bonchev–Trinajstić information content (AvgIpc) is 3.21. The number of carbonyl (C=O) groups excluding carboxylic acids is 2. The summed E-state index contributed by atoms with van der Waals surface area (Å²) in [6.45, 7) is -0.0162. The number of H-pyrrole nitrogens is 1. The number of anilines is 1. The number of hydrogen-bond donors (Lipinski definition) is 4. The molecule has 0 aliphatic heterocycles. The largest absolute Gasteiger partial charge is 0.338 e. The standard InChI is InChI=1S/C23H19F2N5O2/c24-16-5-1-14(2-6-16)12-26-23(32)27-13-21(31)28-18-9-10-19-20(11-18)30-22(29-19)15-3-7-17(25)8-4-15/h1-11H,12-13H2,(H,28,31)(H,29,30)(H2,26,27,32). The summed E-state index contributed by atoms with van der Waals surface area (Å²) in [5.41, 5.74) is 3.40. The molecule has 3 aromatic carbocycles. The topological polar surface area (TPSA) is 98.9 Å². The molecule has 0 aliphatic carbocycles. The molecular weight excluding hydrogens is 416 g/mol. The summed E-state index contributed by atoms with van der Waals surface area (Å²) in [6, 6.07) is 16.4. The number of nitrogens with one attached hydrogen (secondary N) is 4. The third-order valence-corrected chi connectivity index (χ3v) is 4.66. The lowest BCUT2D eigenvalue weighted by atomic mass is 10.2. The quantitative estimate of drug-likeness (QED) is 0.369. The fraction of sp³-hybridized carbons (Fsp3) is 0.0870. The van der Waals surface area contributed by atoms with E-state index < -0.39 is 11.9 Å². The molecule has 162 valence electrons. The maximum absolute atomic E-state index is 13.1. The van der Waals surface area contributed by atoms with Gasteiger partial charge >= 0.3 is 6.03 Å². The van der Waals surface area contributed by atoms with Gasteiger partial charge in [0.05, 0.1) is 17.6 Å². The van der Waals surface area contributed by atoms with Gasteiger partial charge in [-0.15, -0.1) is 0 Å². The van der Waals surface area contributed by atoms with Gasteiger partial charge in [0.15, 0.2) is 0 Å². The molecule has 0 aliphatic rings. The second-order valence-electron chi connectivity index (χ2n) is 7.04. The van der Waals surface area contributed by atoms with Crippen molar-refractivity contribution in [2.75, 3.05) is 11.9 Å². The minimum Gasteiger partial charge on any atom is -0.338 e. The van der Waals surface area contributed by atoms with Crippen LogP contribution in [0.4, 0.5) is 19.3 Å². The number of urea groups is 1. The van der Waals surface area contributed by atoms with Gasteiger partial charge in [0.25, 0.3) is 0 Å². The number of carbonyl (C=O) groups is 2. The molecule has 1 heterocycles. The molecule has 7 nitrogen and oxygen atoms in total. The molecule has 3 amide bonds. The fourth-order valence-corrected chi connectivity index (χ4v) is 3.04. The zero-order chi connectivity index (χ0) is 22.5. The molecule has 32 heavy (non-hydrogen) atoms. The van der Waals surface area contributed by atoms with Crippen LogP contribution in [0, 0.1) is 11.6 Å². The van der Waals surface area contributed by atoms with E-state index >= 15 is 0 Å². The third kappa shape index (κ3) is 5.25. The lowest BCUT2D eigenvalue weighted by Gasteiger charge is -2.08. The number of nitrogens with zero attached hydrogens (tertiary/aromatic N) is 1. The van der Waals surface area contributed by atoms with Gasteiger partial charge < -0.3 is 20.9 Å². The minimum atomic E-state index is -0.516. The summed E-state index contributed by atoms with van der Waals surface area (Å²) in [6.07, 6.45) is 0. The first-order chi connectivity index (χ1) is 15.5. The minimum absolute atomic E-state index is 0.209. The smallest absolute Gasteiger partial charge is 0.315 e. The highest BCUT2D eigenvalue weighted by Crippen LogP contribution is 2.23.